The largest absolute Gasteiger partial charge is 0.488 e. The van der Waals surface area contributed by atoms with Gasteiger partial charge in [0.2, 0.25) is 0 Å². The number of benzene rings is 1. The Bertz CT molecular complexity index is 925. The van der Waals surface area contributed by atoms with Gasteiger partial charge < -0.3 is 14.2 Å². The summed E-state index contributed by atoms with van der Waals surface area (Å²) in [6.07, 6.45) is 6.33. The Hall–Kier alpha value is -3.19. The maximum Gasteiger partial charge on any atom is 0.330 e. The molecule has 7 heteroatoms. The van der Waals surface area contributed by atoms with Crippen molar-refractivity contribution in [1.29, 1.82) is 0 Å². The number of ether oxygens (including phenoxy) is 3. The molecule has 0 spiro atoms. The molecule has 0 atom stereocenters. The lowest BCUT2D eigenvalue weighted by molar-refractivity contribution is -0.138. The van der Waals surface area contributed by atoms with Crippen LogP contribution in [0.2, 0.25) is 0 Å². The summed E-state index contributed by atoms with van der Waals surface area (Å²) < 4.78 is 16.3. The van der Waals surface area contributed by atoms with Crippen molar-refractivity contribution in [3.63, 3.8) is 0 Å². The number of aromatic nitrogens is 2. The zero-order valence-electron chi connectivity index (χ0n) is 15.4. The molecular weight excluding hydrogens is 376 g/mol. The highest BCUT2D eigenvalue weighted by atomic mass is 32.1. The van der Waals surface area contributed by atoms with E-state index in [1.165, 1.54) is 6.08 Å². The van der Waals surface area contributed by atoms with Crippen molar-refractivity contribution >= 4 is 23.4 Å². The smallest absolute Gasteiger partial charge is 0.330 e. The summed E-state index contributed by atoms with van der Waals surface area (Å²) in [5, 5.41) is 2.99. The number of carbonyl (C=O) groups is 1. The second-order valence-corrected chi connectivity index (χ2v) is 6.82. The molecule has 0 fully saturated rings. The molecule has 0 aliphatic heterocycles. The number of thiazole rings is 1. The van der Waals surface area contributed by atoms with Crippen molar-refractivity contribution in [2.75, 3.05) is 13.2 Å². The molecule has 2 heterocycles. The average molecular weight is 396 g/mol. The lowest BCUT2D eigenvalue weighted by atomic mass is 10.2. The summed E-state index contributed by atoms with van der Waals surface area (Å²) in [6, 6.07) is 11.0. The summed E-state index contributed by atoms with van der Waals surface area (Å²) >= 11 is 1.60. The van der Waals surface area contributed by atoms with E-state index in [-0.39, 0.29) is 13.2 Å². The van der Waals surface area contributed by atoms with Crippen LogP contribution in [0.5, 0.6) is 11.5 Å². The topological polar surface area (TPSA) is 70.5 Å². The van der Waals surface area contributed by atoms with Gasteiger partial charge in [0.05, 0.1) is 16.9 Å². The van der Waals surface area contributed by atoms with Gasteiger partial charge in [-0.05, 0) is 42.8 Å². The van der Waals surface area contributed by atoms with Gasteiger partial charge in [-0.25, -0.2) is 9.78 Å². The number of hydrogen-bond acceptors (Lipinski definition) is 7. The number of aryl methyl sites for hydroxylation is 1. The Kier molecular flexibility index (Phi) is 7.14. The van der Waals surface area contributed by atoms with Gasteiger partial charge in [-0.2, -0.15) is 0 Å². The van der Waals surface area contributed by atoms with E-state index in [1.807, 2.05) is 36.6 Å². The Labute approximate surface area is 167 Å². The highest BCUT2D eigenvalue weighted by Gasteiger charge is 2.02. The van der Waals surface area contributed by atoms with Crippen LogP contribution < -0.4 is 9.47 Å². The monoisotopic (exact) mass is 396 g/mol. The molecule has 0 bridgehead atoms. The van der Waals surface area contributed by atoms with Gasteiger partial charge in [0, 0.05) is 17.7 Å². The number of carbonyl (C=O) groups excluding carboxylic acids is 1. The van der Waals surface area contributed by atoms with E-state index < -0.39 is 5.97 Å². The zero-order valence-corrected chi connectivity index (χ0v) is 16.2. The van der Waals surface area contributed by atoms with Gasteiger partial charge in [-0.1, -0.05) is 12.1 Å². The molecular formula is C21H20N2O4S. The van der Waals surface area contributed by atoms with Crippen LogP contribution in [0.1, 0.15) is 16.3 Å². The molecule has 0 aliphatic rings. The van der Waals surface area contributed by atoms with Crippen LogP contribution in [-0.4, -0.2) is 29.2 Å². The molecule has 1 aromatic carbocycles. The molecule has 0 radical (unpaired) electrons. The molecule has 2 aromatic heterocycles. The van der Waals surface area contributed by atoms with Crippen molar-refractivity contribution in [3.05, 3.63) is 76.5 Å². The summed E-state index contributed by atoms with van der Waals surface area (Å²) in [5.74, 6) is 0.920. The predicted molar refractivity (Wildman–Crippen MR) is 107 cm³/mol. The fourth-order valence-electron chi connectivity index (χ4n) is 2.29. The van der Waals surface area contributed by atoms with E-state index in [1.54, 1.807) is 41.9 Å². The molecule has 3 aromatic rings. The van der Waals surface area contributed by atoms with Crippen molar-refractivity contribution in [3.8, 4) is 11.5 Å². The Morgan fingerprint density at radius 3 is 2.82 bits per heavy atom. The van der Waals surface area contributed by atoms with Crippen LogP contribution in [0.4, 0.5) is 0 Å². The van der Waals surface area contributed by atoms with Gasteiger partial charge in [-0.3, -0.25) is 4.98 Å². The first-order valence-corrected chi connectivity index (χ1v) is 9.58. The van der Waals surface area contributed by atoms with E-state index in [4.69, 9.17) is 14.2 Å². The third kappa shape index (κ3) is 6.51. The van der Waals surface area contributed by atoms with Gasteiger partial charge in [0.1, 0.15) is 31.3 Å². The number of nitrogens with zero attached hydrogens (tertiary/aromatic N) is 2. The minimum absolute atomic E-state index is 0.161. The van der Waals surface area contributed by atoms with Crippen LogP contribution in [0.15, 0.2) is 60.2 Å². The van der Waals surface area contributed by atoms with Crippen molar-refractivity contribution < 1.29 is 19.0 Å². The number of hydrogen-bond donors (Lipinski definition) is 0. The molecule has 3 rings (SSSR count). The molecule has 0 unspecified atom stereocenters. The van der Waals surface area contributed by atoms with Gasteiger partial charge in [-0.15, -0.1) is 11.3 Å². The maximum atomic E-state index is 11.8. The van der Waals surface area contributed by atoms with Crippen LogP contribution >= 0.6 is 11.3 Å². The second kappa shape index (κ2) is 10.2. The van der Waals surface area contributed by atoms with Gasteiger partial charge in [0.15, 0.2) is 0 Å². The number of pyridine rings is 1. The molecule has 0 amide bonds. The highest BCUT2D eigenvalue weighted by molar-refractivity contribution is 7.09. The minimum atomic E-state index is -0.431. The number of esters is 1. The Morgan fingerprint density at radius 2 is 2.04 bits per heavy atom. The molecule has 0 saturated carbocycles. The van der Waals surface area contributed by atoms with Crippen LogP contribution in [0, 0.1) is 6.92 Å². The molecule has 6 nitrogen and oxygen atoms in total. The zero-order chi connectivity index (χ0) is 19.6. The summed E-state index contributed by atoms with van der Waals surface area (Å²) in [7, 11) is 0. The highest BCUT2D eigenvalue weighted by Crippen LogP contribution is 2.17. The first kappa shape index (κ1) is 19.6. The minimum Gasteiger partial charge on any atom is -0.488 e. The normalized spacial score (nSPS) is 10.8. The van der Waals surface area contributed by atoms with E-state index in [0.29, 0.717) is 18.1 Å². The van der Waals surface area contributed by atoms with Crippen molar-refractivity contribution in [1.82, 2.24) is 9.97 Å². The van der Waals surface area contributed by atoms with Crippen molar-refractivity contribution in [2.45, 2.75) is 13.5 Å². The van der Waals surface area contributed by atoms with E-state index in [9.17, 15) is 4.79 Å². The standard InChI is InChI=1S/C21H20N2O4S/c1-16-23-18(15-28-16)14-27-19-5-2-4-17(12-19)7-8-21(24)26-11-10-25-20-6-3-9-22-13-20/h2-9,12-13,15H,10-11,14H2,1H3/b8-7+. The Morgan fingerprint density at radius 1 is 1.14 bits per heavy atom. The lowest BCUT2D eigenvalue weighted by Gasteiger charge is -2.06. The lowest BCUT2D eigenvalue weighted by Crippen LogP contribution is -2.10. The third-order valence-corrected chi connectivity index (χ3v) is 4.38. The fourth-order valence-corrected chi connectivity index (χ4v) is 2.88. The quantitative estimate of drug-likeness (QED) is 0.309. The second-order valence-electron chi connectivity index (χ2n) is 5.76. The third-order valence-electron chi connectivity index (χ3n) is 3.55. The first-order chi connectivity index (χ1) is 13.7. The molecule has 0 N–H and O–H groups in total. The summed E-state index contributed by atoms with van der Waals surface area (Å²) in [6.45, 7) is 2.80. The van der Waals surface area contributed by atoms with E-state index in [2.05, 4.69) is 9.97 Å². The predicted octanol–water partition coefficient (Wildman–Crippen LogP) is 4.06. The van der Waals surface area contributed by atoms with E-state index >= 15 is 0 Å². The maximum absolute atomic E-state index is 11.8. The SMILES string of the molecule is Cc1nc(COc2cccc(/C=C/C(=O)OCCOc3cccnc3)c2)cs1. The summed E-state index contributed by atoms with van der Waals surface area (Å²) in [5.41, 5.74) is 1.75. The van der Waals surface area contributed by atoms with Crippen LogP contribution in [-0.2, 0) is 16.1 Å². The first-order valence-electron chi connectivity index (χ1n) is 8.70. The van der Waals surface area contributed by atoms with Crippen LogP contribution in [0.25, 0.3) is 6.08 Å². The number of rotatable bonds is 9. The van der Waals surface area contributed by atoms with Crippen LogP contribution in [0.3, 0.4) is 0 Å². The fraction of sp³-hybridized carbons (Fsp3) is 0.190. The van der Waals surface area contributed by atoms with Crippen molar-refractivity contribution in [2.24, 2.45) is 0 Å². The Balaban J connectivity index is 1.42. The summed E-state index contributed by atoms with van der Waals surface area (Å²) in [4.78, 5) is 20.1. The molecule has 144 valence electrons. The molecule has 28 heavy (non-hydrogen) atoms. The molecule has 0 saturated heterocycles. The average Bonchev–Trinajstić information content (AvgIpc) is 3.14. The van der Waals surface area contributed by atoms with Gasteiger partial charge >= 0.3 is 5.97 Å². The van der Waals surface area contributed by atoms with Gasteiger partial charge in [0.25, 0.3) is 0 Å². The van der Waals surface area contributed by atoms with E-state index in [0.717, 1.165) is 16.3 Å². The molecule has 0 aliphatic carbocycles.